The zero-order valence-corrected chi connectivity index (χ0v) is 8.84. The molecule has 0 saturated heterocycles. The minimum Gasteiger partial charge on any atom is -0.438 e. The number of allylic oxidation sites excluding steroid dienone is 1. The minimum absolute atomic E-state index is 0.386. The van der Waals surface area contributed by atoms with Gasteiger partial charge in [0.2, 0.25) is 0 Å². The third-order valence-corrected chi connectivity index (χ3v) is 1.89. The first-order chi connectivity index (χ1) is 7.27. The van der Waals surface area contributed by atoms with Crippen molar-refractivity contribution in [3.63, 3.8) is 0 Å². The van der Waals surface area contributed by atoms with Crippen LogP contribution in [0.1, 0.15) is 18.6 Å². The molecule has 0 aliphatic heterocycles. The van der Waals surface area contributed by atoms with Gasteiger partial charge in [-0.15, -0.1) is 0 Å². The predicted molar refractivity (Wildman–Crippen MR) is 57.5 cm³/mol. The summed E-state index contributed by atoms with van der Waals surface area (Å²) >= 11 is 0. The highest BCUT2D eigenvalue weighted by atomic mass is 16.7. The van der Waals surface area contributed by atoms with E-state index in [0.717, 1.165) is 5.56 Å². The van der Waals surface area contributed by atoms with Gasteiger partial charge in [0.05, 0.1) is 7.11 Å². The number of ether oxygens (including phenoxy) is 2. The Kier molecular flexibility index (Phi) is 4.41. The third-order valence-electron chi connectivity index (χ3n) is 1.89. The summed E-state index contributed by atoms with van der Waals surface area (Å²) in [7, 11) is 1.29. The highest BCUT2D eigenvalue weighted by Gasteiger charge is 2.12. The monoisotopic (exact) mass is 206 g/mol. The van der Waals surface area contributed by atoms with Crippen LogP contribution < -0.4 is 0 Å². The van der Waals surface area contributed by atoms with E-state index >= 15 is 0 Å². The zero-order valence-electron chi connectivity index (χ0n) is 8.84. The maximum absolute atomic E-state index is 11.0. The van der Waals surface area contributed by atoms with Crippen molar-refractivity contribution in [2.45, 2.75) is 13.0 Å². The highest BCUT2D eigenvalue weighted by Crippen LogP contribution is 2.19. The van der Waals surface area contributed by atoms with Gasteiger partial charge in [-0.2, -0.15) is 0 Å². The van der Waals surface area contributed by atoms with E-state index in [2.05, 4.69) is 4.74 Å². The first-order valence-corrected chi connectivity index (χ1v) is 4.70. The first-order valence-electron chi connectivity index (χ1n) is 4.70. The molecule has 0 aliphatic rings. The predicted octanol–water partition coefficient (Wildman–Crippen LogP) is 3.09. The van der Waals surface area contributed by atoms with Crippen LogP contribution in [0.4, 0.5) is 4.79 Å². The molecule has 3 nitrogen and oxygen atoms in total. The number of benzene rings is 1. The lowest BCUT2D eigenvalue weighted by atomic mass is 10.1. The molecule has 0 amide bonds. The van der Waals surface area contributed by atoms with Gasteiger partial charge in [0.1, 0.15) is 6.10 Å². The SMILES string of the molecule is CC=CC(OC(=O)OC)c1ccccc1. The number of carbonyl (C=O) groups is 1. The Balaban J connectivity index is 2.79. The van der Waals surface area contributed by atoms with Gasteiger partial charge in [-0.1, -0.05) is 36.4 Å². The van der Waals surface area contributed by atoms with Crippen LogP contribution in [0.15, 0.2) is 42.5 Å². The average Bonchev–Trinajstić information content (AvgIpc) is 2.29. The van der Waals surface area contributed by atoms with Crippen molar-refractivity contribution in [3.8, 4) is 0 Å². The van der Waals surface area contributed by atoms with E-state index in [-0.39, 0.29) is 6.10 Å². The molecule has 0 aliphatic carbocycles. The Morgan fingerprint density at radius 1 is 1.33 bits per heavy atom. The van der Waals surface area contributed by atoms with E-state index in [1.165, 1.54) is 7.11 Å². The Morgan fingerprint density at radius 3 is 2.53 bits per heavy atom. The molecule has 0 radical (unpaired) electrons. The molecule has 0 saturated carbocycles. The highest BCUT2D eigenvalue weighted by molar-refractivity contribution is 5.60. The lowest BCUT2D eigenvalue weighted by Gasteiger charge is -2.13. The second kappa shape index (κ2) is 5.86. The van der Waals surface area contributed by atoms with Crippen molar-refractivity contribution in [2.75, 3.05) is 7.11 Å². The molecule has 3 heteroatoms. The number of carbonyl (C=O) groups excluding carboxylic acids is 1. The number of hydrogen-bond acceptors (Lipinski definition) is 3. The minimum atomic E-state index is -0.679. The van der Waals surface area contributed by atoms with Crippen LogP contribution in [0.5, 0.6) is 0 Å². The van der Waals surface area contributed by atoms with E-state index in [1.54, 1.807) is 6.08 Å². The summed E-state index contributed by atoms with van der Waals surface area (Å²) in [5.74, 6) is 0. The largest absolute Gasteiger partial charge is 0.508 e. The van der Waals surface area contributed by atoms with E-state index in [1.807, 2.05) is 43.3 Å². The maximum atomic E-state index is 11.0. The van der Waals surface area contributed by atoms with Gasteiger partial charge in [0.25, 0.3) is 0 Å². The molecular formula is C12H14O3. The van der Waals surface area contributed by atoms with Crippen molar-refractivity contribution >= 4 is 6.16 Å². The summed E-state index contributed by atoms with van der Waals surface area (Å²) in [4.78, 5) is 11.0. The third kappa shape index (κ3) is 3.46. The summed E-state index contributed by atoms with van der Waals surface area (Å²) in [5.41, 5.74) is 0.918. The topological polar surface area (TPSA) is 35.5 Å². The van der Waals surface area contributed by atoms with Crippen molar-refractivity contribution in [1.29, 1.82) is 0 Å². The fourth-order valence-electron chi connectivity index (χ4n) is 1.19. The quantitative estimate of drug-likeness (QED) is 0.563. The number of hydrogen-bond donors (Lipinski definition) is 0. The van der Waals surface area contributed by atoms with Gasteiger partial charge >= 0.3 is 6.16 Å². The second-order valence-corrected chi connectivity index (χ2v) is 2.93. The Bertz CT molecular complexity index is 330. The second-order valence-electron chi connectivity index (χ2n) is 2.93. The molecule has 1 aromatic carbocycles. The van der Waals surface area contributed by atoms with Gasteiger partial charge in [-0.05, 0) is 18.6 Å². The Morgan fingerprint density at radius 2 is 2.00 bits per heavy atom. The number of methoxy groups -OCH3 is 1. The number of rotatable bonds is 3. The van der Waals surface area contributed by atoms with E-state index in [9.17, 15) is 4.79 Å². The molecule has 1 rings (SSSR count). The molecule has 0 fully saturated rings. The smallest absolute Gasteiger partial charge is 0.438 e. The van der Waals surface area contributed by atoms with Gasteiger partial charge in [-0.3, -0.25) is 0 Å². The van der Waals surface area contributed by atoms with Crippen LogP contribution >= 0.6 is 0 Å². The van der Waals surface area contributed by atoms with Gasteiger partial charge < -0.3 is 9.47 Å². The van der Waals surface area contributed by atoms with E-state index in [4.69, 9.17) is 4.74 Å². The summed E-state index contributed by atoms with van der Waals surface area (Å²) < 4.78 is 9.53. The standard InChI is InChI=1S/C12H14O3/c1-3-7-11(15-12(13)14-2)10-8-5-4-6-9-10/h3-9,11H,1-2H3. The fourth-order valence-corrected chi connectivity index (χ4v) is 1.19. The van der Waals surface area contributed by atoms with Crippen molar-refractivity contribution < 1.29 is 14.3 Å². The lowest BCUT2D eigenvalue weighted by Crippen LogP contribution is -2.09. The zero-order chi connectivity index (χ0) is 11.1. The van der Waals surface area contributed by atoms with Crippen molar-refractivity contribution in [2.24, 2.45) is 0 Å². The summed E-state index contributed by atoms with van der Waals surface area (Å²) in [6.45, 7) is 1.87. The van der Waals surface area contributed by atoms with Crippen molar-refractivity contribution in [3.05, 3.63) is 48.0 Å². The molecule has 0 spiro atoms. The molecule has 1 aromatic rings. The van der Waals surface area contributed by atoms with Gasteiger partial charge in [0.15, 0.2) is 0 Å². The fraction of sp³-hybridized carbons (Fsp3) is 0.250. The summed E-state index contributed by atoms with van der Waals surface area (Å²) in [6.07, 6.45) is 2.57. The van der Waals surface area contributed by atoms with Crippen molar-refractivity contribution in [1.82, 2.24) is 0 Å². The summed E-state index contributed by atoms with van der Waals surface area (Å²) in [6, 6.07) is 9.49. The summed E-state index contributed by atoms with van der Waals surface area (Å²) in [5, 5.41) is 0. The Hall–Kier alpha value is -1.77. The van der Waals surface area contributed by atoms with E-state index < -0.39 is 6.16 Å². The van der Waals surface area contributed by atoms with Crippen LogP contribution in [-0.4, -0.2) is 13.3 Å². The van der Waals surface area contributed by atoms with Crippen LogP contribution in [-0.2, 0) is 9.47 Å². The van der Waals surface area contributed by atoms with E-state index in [0.29, 0.717) is 0 Å². The van der Waals surface area contributed by atoms with Gasteiger partial charge in [-0.25, -0.2) is 4.79 Å². The van der Waals surface area contributed by atoms with Crippen LogP contribution in [0, 0.1) is 0 Å². The normalized spacial score (nSPS) is 12.4. The molecule has 80 valence electrons. The first kappa shape index (κ1) is 11.3. The van der Waals surface area contributed by atoms with Gasteiger partial charge in [0, 0.05) is 0 Å². The average molecular weight is 206 g/mol. The Labute approximate surface area is 89.3 Å². The molecular weight excluding hydrogens is 192 g/mol. The molecule has 0 heterocycles. The molecule has 1 atom stereocenters. The van der Waals surface area contributed by atoms with Crippen LogP contribution in [0.25, 0.3) is 0 Å². The molecule has 1 unspecified atom stereocenters. The molecule has 0 bridgehead atoms. The lowest BCUT2D eigenvalue weighted by molar-refractivity contribution is 0.0521. The molecule has 0 N–H and O–H groups in total. The maximum Gasteiger partial charge on any atom is 0.508 e. The van der Waals surface area contributed by atoms with Crippen LogP contribution in [0.2, 0.25) is 0 Å². The molecule has 15 heavy (non-hydrogen) atoms. The molecule has 0 aromatic heterocycles. The van der Waals surface area contributed by atoms with Crippen LogP contribution in [0.3, 0.4) is 0 Å².